The van der Waals surface area contributed by atoms with Crippen LogP contribution in [0, 0.1) is 0 Å². The summed E-state index contributed by atoms with van der Waals surface area (Å²) in [5.41, 5.74) is 6.37. The predicted molar refractivity (Wildman–Crippen MR) is 174 cm³/mol. The number of imidazole rings is 1. The number of pyridine rings is 1. The van der Waals surface area contributed by atoms with Gasteiger partial charge in [0.25, 0.3) is 12.1 Å². The number of phosphoric acid groups is 2. The minimum Gasteiger partial charge on any atom is -0.387 e. The molecule has 4 aromatic rings. The molecule has 2 aliphatic rings. The van der Waals surface area contributed by atoms with Gasteiger partial charge in [0, 0.05) is 12.7 Å². The van der Waals surface area contributed by atoms with Crippen LogP contribution in [0.2, 0.25) is 0 Å². The van der Waals surface area contributed by atoms with Crippen LogP contribution in [0.1, 0.15) is 35.4 Å². The van der Waals surface area contributed by atoms with Crippen LogP contribution in [-0.2, 0) is 50.0 Å². The summed E-state index contributed by atoms with van der Waals surface area (Å²) >= 11 is 0. The van der Waals surface area contributed by atoms with E-state index in [1.54, 1.807) is 6.20 Å². The van der Waals surface area contributed by atoms with E-state index in [1.165, 1.54) is 51.0 Å². The first-order valence-electron chi connectivity index (χ1n) is 16.0. The van der Waals surface area contributed by atoms with Crippen LogP contribution in [0.25, 0.3) is 11.2 Å². The number of ether oxygens (including phenoxy) is 3. The molecule has 54 heavy (non-hydrogen) atoms. The minimum absolute atomic E-state index is 0.0651. The molecule has 0 spiro atoms. The van der Waals surface area contributed by atoms with E-state index in [1.807, 2.05) is 6.92 Å². The molecule has 6 rings (SSSR count). The lowest BCUT2D eigenvalue weighted by molar-refractivity contribution is -0.765. The van der Waals surface area contributed by atoms with Crippen molar-refractivity contribution in [1.82, 2.24) is 34.5 Å². The normalized spacial score (nSPS) is 27.9. The second kappa shape index (κ2) is 16.4. The van der Waals surface area contributed by atoms with Gasteiger partial charge in [-0.1, -0.05) is 5.21 Å². The van der Waals surface area contributed by atoms with Crippen molar-refractivity contribution in [3.8, 4) is 0 Å². The summed E-state index contributed by atoms with van der Waals surface area (Å²) in [6, 6.07) is 2.84. The molecule has 4 aromatic heterocycles. The zero-order valence-electron chi connectivity index (χ0n) is 28.1. The van der Waals surface area contributed by atoms with E-state index in [9.17, 15) is 44.1 Å². The highest BCUT2D eigenvalue weighted by molar-refractivity contribution is 7.61. The summed E-state index contributed by atoms with van der Waals surface area (Å²) in [5.74, 6) is -0.464. The van der Waals surface area contributed by atoms with Crippen LogP contribution >= 0.6 is 15.6 Å². The third-order valence-electron chi connectivity index (χ3n) is 8.17. The molecule has 10 atom stereocenters. The van der Waals surface area contributed by atoms with Crippen LogP contribution < -0.4 is 15.6 Å². The van der Waals surface area contributed by atoms with E-state index >= 15 is 0 Å². The van der Waals surface area contributed by atoms with Crippen molar-refractivity contribution >= 4 is 38.5 Å². The average molecular weight is 804 g/mol. The number of carbonyl (C=O) groups excluding carboxylic acids is 1. The summed E-state index contributed by atoms with van der Waals surface area (Å²) < 4.78 is 59.6. The Bertz CT molecular complexity index is 2040. The third-order valence-corrected chi connectivity index (χ3v) is 10.8. The topological polar surface area (TPSA) is 344 Å². The summed E-state index contributed by atoms with van der Waals surface area (Å²) in [6.07, 6.45) is -5.22. The molecule has 294 valence electrons. The number of nitrogens with two attached hydrogens (primary N) is 1. The van der Waals surface area contributed by atoms with Crippen molar-refractivity contribution < 1.29 is 76.3 Å². The molecule has 2 saturated heterocycles. The minimum atomic E-state index is -5.42. The zero-order valence-corrected chi connectivity index (χ0v) is 29.9. The molecule has 0 saturated carbocycles. The first-order valence-corrected chi connectivity index (χ1v) is 19.0. The predicted octanol–water partition coefficient (Wildman–Crippen LogP) is -2.40. The quantitative estimate of drug-likeness (QED) is 0.0407. The Morgan fingerprint density at radius 3 is 2.43 bits per heavy atom. The number of aromatic nitrogens is 8. The summed E-state index contributed by atoms with van der Waals surface area (Å²) in [7, 11) is -10.8. The maximum atomic E-state index is 12.6. The number of rotatable bonds is 17. The number of hydrogen-bond donors (Lipinski definition) is 8. The van der Waals surface area contributed by atoms with Crippen molar-refractivity contribution in [2.45, 2.75) is 69.3 Å². The van der Waals surface area contributed by atoms with Crippen LogP contribution in [0.4, 0.5) is 5.82 Å². The smallest absolute Gasteiger partial charge is 0.387 e. The Balaban J connectivity index is 1.02. The maximum absolute atomic E-state index is 12.6. The number of amides is 1. The van der Waals surface area contributed by atoms with Gasteiger partial charge in [0.1, 0.15) is 54.8 Å². The van der Waals surface area contributed by atoms with Crippen LogP contribution in [0.5, 0.6) is 0 Å². The van der Waals surface area contributed by atoms with Crippen LogP contribution in [0.3, 0.4) is 0 Å². The number of primary amides is 1. The van der Waals surface area contributed by atoms with E-state index < -0.39 is 83.8 Å². The molecule has 6 heterocycles. The summed E-state index contributed by atoms with van der Waals surface area (Å²) in [6.45, 7) is 0.991. The van der Waals surface area contributed by atoms with E-state index in [4.69, 9.17) is 29.0 Å². The Hall–Kier alpha value is -3.91. The number of nitrogens with one attached hydrogen (secondary N) is 1. The lowest BCUT2D eigenvalue weighted by atomic mass is 10.1. The monoisotopic (exact) mass is 803 g/mol. The van der Waals surface area contributed by atoms with Gasteiger partial charge in [0.05, 0.1) is 32.3 Å². The van der Waals surface area contributed by atoms with Crippen molar-refractivity contribution in [3.63, 3.8) is 0 Å². The Kier molecular flexibility index (Phi) is 12.1. The molecular formula is C27H37N10O15P2+. The fraction of sp³-hybridized carbons (Fsp3) is 0.519. The standard InChI is InChI=1S/C27H36N10O15P2/c1-2-47-13-36-8-15(33-34-36)6-29-24-18-25(31-11-30-24)37(12-32-18)27-22(41)20(39)17(51-27)10-49-54(45,46)52-53(43,44)48-9-16-19(38)21(40)26(50-16)35-5-3-4-14(7-35)23(28)42/h3-5,7-8,11-12,16-17,19-22,26-27,38-41H,2,6,9-10,13H2,1H3,(H4-,28,29,30,31,42,43,44,45,46)/p+1. The number of nitrogens with zero attached hydrogens (tertiary/aromatic N) is 8. The van der Waals surface area contributed by atoms with E-state index in [2.05, 4.69) is 34.9 Å². The Labute approximate surface area is 304 Å². The van der Waals surface area contributed by atoms with Gasteiger partial charge >= 0.3 is 15.6 Å². The van der Waals surface area contributed by atoms with Gasteiger partial charge in [-0.25, -0.2) is 28.8 Å². The van der Waals surface area contributed by atoms with Gasteiger partial charge < -0.3 is 55.5 Å². The number of hydrogen-bond acceptors (Lipinski definition) is 19. The van der Waals surface area contributed by atoms with E-state index in [0.29, 0.717) is 18.1 Å². The summed E-state index contributed by atoms with van der Waals surface area (Å²) in [4.78, 5) is 44.5. The van der Waals surface area contributed by atoms with E-state index in [0.717, 1.165) is 0 Å². The maximum Gasteiger partial charge on any atom is 0.481 e. The molecule has 0 bridgehead atoms. The second-order valence-corrected chi connectivity index (χ2v) is 14.9. The molecule has 27 heteroatoms. The first-order chi connectivity index (χ1) is 25.7. The number of carbonyl (C=O) groups is 1. The first kappa shape index (κ1) is 39.8. The number of aliphatic hydroxyl groups excluding tert-OH is 4. The molecule has 10 unspecified atom stereocenters. The molecule has 9 N–H and O–H groups in total. The molecule has 2 aliphatic heterocycles. The number of phosphoric ester groups is 2. The molecule has 0 aliphatic carbocycles. The van der Waals surface area contributed by atoms with Crippen molar-refractivity contribution in [3.05, 3.63) is 54.6 Å². The van der Waals surface area contributed by atoms with Gasteiger partial charge in [0.15, 0.2) is 41.7 Å². The highest BCUT2D eigenvalue weighted by atomic mass is 31.3. The highest BCUT2D eigenvalue weighted by Crippen LogP contribution is 2.60. The van der Waals surface area contributed by atoms with Gasteiger partial charge in [-0.05, 0) is 13.0 Å². The van der Waals surface area contributed by atoms with Crippen LogP contribution in [0.15, 0.2) is 43.4 Å². The molecule has 25 nitrogen and oxygen atoms in total. The largest absolute Gasteiger partial charge is 0.481 e. The fourth-order valence-corrected chi connectivity index (χ4v) is 7.62. The van der Waals surface area contributed by atoms with Crippen LogP contribution in [-0.4, -0.2) is 127 Å². The van der Waals surface area contributed by atoms with Gasteiger partial charge in [0.2, 0.25) is 0 Å². The van der Waals surface area contributed by atoms with Gasteiger partial charge in [-0.2, -0.15) is 8.88 Å². The Morgan fingerprint density at radius 2 is 1.72 bits per heavy atom. The molecule has 2 fully saturated rings. The zero-order chi connectivity index (χ0) is 38.8. The molecule has 0 radical (unpaired) electrons. The SMILES string of the molecule is CCOCn1cc(CNc2ncnc3c2ncn3C2OC(COP(=O)(O)OP(=O)(O)OCC3OC([n+]4cccc(C(N)=O)c4)C(O)C3O)C(O)C2O)nn1. The number of fused-ring (bicyclic) bond motifs is 1. The molecule has 1 amide bonds. The van der Waals surface area contributed by atoms with Gasteiger partial charge in [-0.3, -0.25) is 18.4 Å². The fourth-order valence-electron chi connectivity index (χ4n) is 5.53. The number of aliphatic hydroxyl groups is 4. The third kappa shape index (κ3) is 8.96. The Morgan fingerprint density at radius 1 is 1.02 bits per heavy atom. The lowest BCUT2D eigenvalue weighted by Gasteiger charge is -2.20. The number of anilines is 1. The average Bonchev–Trinajstić information content (AvgIpc) is 3.91. The molecule has 0 aromatic carbocycles. The highest BCUT2D eigenvalue weighted by Gasteiger charge is 2.50. The van der Waals surface area contributed by atoms with E-state index in [-0.39, 0.29) is 30.0 Å². The van der Waals surface area contributed by atoms with Crippen molar-refractivity contribution in [2.24, 2.45) is 5.73 Å². The summed E-state index contributed by atoms with van der Waals surface area (Å²) in [5, 5.41) is 53.4. The molecular weight excluding hydrogens is 766 g/mol. The van der Waals surface area contributed by atoms with Gasteiger partial charge in [-0.15, -0.1) is 5.10 Å². The lowest BCUT2D eigenvalue weighted by Crippen LogP contribution is -2.46. The second-order valence-electron chi connectivity index (χ2n) is 11.9. The van der Waals surface area contributed by atoms with Crippen molar-refractivity contribution in [1.29, 1.82) is 0 Å². The van der Waals surface area contributed by atoms with Crippen molar-refractivity contribution in [2.75, 3.05) is 25.1 Å².